The second-order valence-corrected chi connectivity index (χ2v) is 5.94. The van der Waals surface area contributed by atoms with Gasteiger partial charge in [-0.1, -0.05) is 25.3 Å². The Bertz CT molecular complexity index is 668. The van der Waals surface area contributed by atoms with E-state index in [1.165, 1.54) is 37.7 Å². The Morgan fingerprint density at radius 1 is 1.10 bits per heavy atom. The number of rotatable bonds is 3. The molecule has 5 heteroatoms. The van der Waals surface area contributed by atoms with Crippen LogP contribution >= 0.6 is 12.4 Å². The molecule has 1 aliphatic rings. The molecule has 1 fully saturated rings. The monoisotopic (exact) mass is 309 g/mol. The van der Waals surface area contributed by atoms with E-state index in [1.807, 2.05) is 14.1 Å². The number of fused-ring (bicyclic) bond motifs is 1. The van der Waals surface area contributed by atoms with E-state index < -0.39 is 0 Å². The summed E-state index contributed by atoms with van der Waals surface area (Å²) >= 11 is 0. The lowest BCUT2D eigenvalue weighted by atomic mass is 9.95. The number of nitrogens with zero attached hydrogens (tertiary/aromatic N) is 2. The molecule has 1 heterocycles. The third kappa shape index (κ3) is 3.16. The summed E-state index contributed by atoms with van der Waals surface area (Å²) in [5.74, 6) is 0. The largest absolute Gasteiger partial charge is 0.328 e. The summed E-state index contributed by atoms with van der Waals surface area (Å²) in [6, 6.07) is 6.97. The SMILES string of the molecule is Cl.Cn1c(=O)n(C)c2cc(CNC3CCCCC3)ccc21. The Hall–Kier alpha value is -1.26. The van der Waals surface area contributed by atoms with Gasteiger partial charge in [-0.2, -0.15) is 0 Å². The standard InChI is InChI=1S/C16H23N3O.ClH/c1-18-14-9-8-12(10-15(14)19(2)16(18)20)11-17-13-6-4-3-5-7-13;/h8-10,13,17H,3-7,11H2,1-2H3;1H. The predicted molar refractivity (Wildman–Crippen MR) is 89.1 cm³/mol. The fraction of sp³-hybridized carbons (Fsp3) is 0.562. The molecule has 2 aromatic rings. The van der Waals surface area contributed by atoms with Gasteiger partial charge in [0.15, 0.2) is 0 Å². The highest BCUT2D eigenvalue weighted by molar-refractivity contribution is 5.85. The predicted octanol–water partition coefficient (Wildman–Crippen LogP) is 2.72. The van der Waals surface area contributed by atoms with Crippen LogP contribution in [0.25, 0.3) is 11.0 Å². The Labute approximate surface area is 131 Å². The number of imidazole rings is 1. The van der Waals surface area contributed by atoms with Crippen LogP contribution in [0.1, 0.15) is 37.7 Å². The van der Waals surface area contributed by atoms with Crippen molar-refractivity contribution in [1.29, 1.82) is 0 Å². The summed E-state index contributed by atoms with van der Waals surface area (Å²) in [5, 5.41) is 3.65. The molecule has 21 heavy (non-hydrogen) atoms. The van der Waals surface area contributed by atoms with E-state index in [2.05, 4.69) is 23.5 Å². The lowest BCUT2D eigenvalue weighted by molar-refractivity contribution is 0.372. The normalized spacial score (nSPS) is 16.1. The number of nitrogens with one attached hydrogen (secondary N) is 1. The van der Waals surface area contributed by atoms with E-state index in [9.17, 15) is 4.79 Å². The van der Waals surface area contributed by atoms with Gasteiger partial charge in [0.25, 0.3) is 0 Å². The van der Waals surface area contributed by atoms with Crippen LogP contribution in [-0.2, 0) is 20.6 Å². The summed E-state index contributed by atoms with van der Waals surface area (Å²) in [6.45, 7) is 0.893. The number of hydrogen-bond acceptors (Lipinski definition) is 2. The molecule has 0 spiro atoms. The fourth-order valence-electron chi connectivity index (χ4n) is 3.23. The van der Waals surface area contributed by atoms with Crippen molar-refractivity contribution in [2.75, 3.05) is 0 Å². The number of aromatic nitrogens is 2. The van der Waals surface area contributed by atoms with E-state index in [0.717, 1.165) is 17.6 Å². The van der Waals surface area contributed by atoms with Gasteiger partial charge in [-0.3, -0.25) is 9.13 Å². The minimum Gasteiger partial charge on any atom is -0.310 e. The fourth-order valence-corrected chi connectivity index (χ4v) is 3.23. The van der Waals surface area contributed by atoms with Gasteiger partial charge in [0, 0.05) is 26.7 Å². The van der Waals surface area contributed by atoms with Crippen LogP contribution in [0.4, 0.5) is 0 Å². The Morgan fingerprint density at radius 2 is 1.76 bits per heavy atom. The molecule has 0 unspecified atom stereocenters. The maximum atomic E-state index is 11.9. The summed E-state index contributed by atoms with van der Waals surface area (Å²) in [5.41, 5.74) is 3.31. The molecule has 1 N–H and O–H groups in total. The molecular weight excluding hydrogens is 286 g/mol. The van der Waals surface area contributed by atoms with Gasteiger partial charge in [-0.05, 0) is 30.5 Å². The van der Waals surface area contributed by atoms with Gasteiger partial charge >= 0.3 is 5.69 Å². The lowest BCUT2D eigenvalue weighted by Gasteiger charge is -2.22. The zero-order valence-corrected chi connectivity index (χ0v) is 13.6. The molecule has 1 aliphatic carbocycles. The van der Waals surface area contributed by atoms with Crippen molar-refractivity contribution in [2.24, 2.45) is 14.1 Å². The average Bonchev–Trinajstić information content (AvgIpc) is 2.71. The van der Waals surface area contributed by atoms with Crippen LogP contribution in [0, 0.1) is 0 Å². The van der Waals surface area contributed by atoms with Crippen molar-refractivity contribution < 1.29 is 0 Å². The van der Waals surface area contributed by atoms with Crippen molar-refractivity contribution in [3.63, 3.8) is 0 Å². The highest BCUT2D eigenvalue weighted by atomic mass is 35.5. The second-order valence-electron chi connectivity index (χ2n) is 5.94. The highest BCUT2D eigenvalue weighted by Crippen LogP contribution is 2.19. The molecule has 0 amide bonds. The van der Waals surface area contributed by atoms with Gasteiger partial charge in [0.2, 0.25) is 0 Å². The highest BCUT2D eigenvalue weighted by Gasteiger charge is 2.13. The van der Waals surface area contributed by atoms with E-state index in [0.29, 0.717) is 6.04 Å². The van der Waals surface area contributed by atoms with Crippen LogP contribution in [-0.4, -0.2) is 15.2 Å². The number of halogens is 1. The van der Waals surface area contributed by atoms with Crippen molar-refractivity contribution in [1.82, 2.24) is 14.5 Å². The summed E-state index contributed by atoms with van der Waals surface area (Å²) in [6.07, 6.45) is 6.68. The Morgan fingerprint density at radius 3 is 2.48 bits per heavy atom. The van der Waals surface area contributed by atoms with E-state index >= 15 is 0 Å². The van der Waals surface area contributed by atoms with Gasteiger partial charge in [0.1, 0.15) is 0 Å². The summed E-state index contributed by atoms with van der Waals surface area (Å²) in [7, 11) is 3.66. The van der Waals surface area contributed by atoms with E-state index in [4.69, 9.17) is 0 Å². The van der Waals surface area contributed by atoms with Crippen LogP contribution in [0.2, 0.25) is 0 Å². The van der Waals surface area contributed by atoms with Crippen molar-refractivity contribution in [3.05, 3.63) is 34.2 Å². The first-order valence-corrected chi connectivity index (χ1v) is 7.54. The first-order valence-electron chi connectivity index (χ1n) is 7.54. The van der Waals surface area contributed by atoms with Crippen LogP contribution in [0.15, 0.2) is 23.0 Å². The van der Waals surface area contributed by atoms with Crippen LogP contribution < -0.4 is 11.0 Å². The third-order valence-corrected chi connectivity index (χ3v) is 4.54. The Kier molecular flexibility index (Phi) is 5.12. The molecule has 0 bridgehead atoms. The molecular formula is C16H24ClN3O. The summed E-state index contributed by atoms with van der Waals surface area (Å²) < 4.78 is 3.42. The molecule has 4 nitrogen and oxygen atoms in total. The van der Waals surface area contributed by atoms with Gasteiger partial charge in [-0.15, -0.1) is 12.4 Å². The smallest absolute Gasteiger partial charge is 0.310 e. The van der Waals surface area contributed by atoms with Gasteiger partial charge in [-0.25, -0.2) is 4.79 Å². The van der Waals surface area contributed by atoms with Crippen molar-refractivity contribution in [3.8, 4) is 0 Å². The quantitative estimate of drug-likeness (QED) is 0.947. The van der Waals surface area contributed by atoms with E-state index in [1.54, 1.807) is 9.13 Å². The number of hydrogen-bond donors (Lipinski definition) is 1. The molecule has 116 valence electrons. The van der Waals surface area contributed by atoms with Gasteiger partial charge in [0.05, 0.1) is 11.0 Å². The number of benzene rings is 1. The summed E-state index contributed by atoms with van der Waals surface area (Å²) in [4.78, 5) is 11.9. The first kappa shape index (κ1) is 16.1. The van der Waals surface area contributed by atoms with Gasteiger partial charge < -0.3 is 5.32 Å². The molecule has 1 aromatic heterocycles. The van der Waals surface area contributed by atoms with Crippen LogP contribution in [0.3, 0.4) is 0 Å². The lowest BCUT2D eigenvalue weighted by Crippen LogP contribution is -2.30. The minimum absolute atomic E-state index is 0. The third-order valence-electron chi connectivity index (χ3n) is 4.54. The molecule has 0 radical (unpaired) electrons. The molecule has 0 atom stereocenters. The zero-order chi connectivity index (χ0) is 14.1. The average molecular weight is 310 g/mol. The molecule has 3 rings (SSSR count). The molecule has 1 saturated carbocycles. The minimum atomic E-state index is 0. The topological polar surface area (TPSA) is 39.0 Å². The van der Waals surface area contributed by atoms with Crippen molar-refractivity contribution >= 4 is 23.4 Å². The Balaban J connectivity index is 0.00000161. The zero-order valence-electron chi connectivity index (χ0n) is 12.8. The molecule has 0 saturated heterocycles. The first-order chi connectivity index (χ1) is 9.66. The number of aryl methyl sites for hydroxylation is 2. The van der Waals surface area contributed by atoms with E-state index in [-0.39, 0.29) is 18.1 Å². The van der Waals surface area contributed by atoms with Crippen LogP contribution in [0.5, 0.6) is 0 Å². The van der Waals surface area contributed by atoms with Crippen molar-refractivity contribution in [2.45, 2.75) is 44.7 Å². The molecule has 1 aromatic carbocycles. The molecule has 0 aliphatic heterocycles. The maximum absolute atomic E-state index is 11.9. The second kappa shape index (κ2) is 6.67. The maximum Gasteiger partial charge on any atom is 0.328 e.